The molecule has 0 aromatic heterocycles. The van der Waals surface area contributed by atoms with Gasteiger partial charge in [0.1, 0.15) is 5.82 Å². The Balaban J connectivity index is 1.63. The smallest absolute Gasteiger partial charge is 0.278 e. The maximum Gasteiger partial charge on any atom is 0.278 e. The second-order valence-corrected chi connectivity index (χ2v) is 8.04. The van der Waals surface area contributed by atoms with Crippen molar-refractivity contribution in [1.29, 1.82) is 0 Å². The summed E-state index contributed by atoms with van der Waals surface area (Å²) in [7, 11) is 0. The molecule has 5 nitrogen and oxygen atoms in total. The van der Waals surface area contributed by atoms with Crippen molar-refractivity contribution < 1.29 is 18.9 Å². The molecule has 3 N–H and O–H groups in total. The molecule has 1 aliphatic heterocycles. The van der Waals surface area contributed by atoms with Crippen molar-refractivity contribution in [1.82, 2.24) is 4.90 Å². The van der Waals surface area contributed by atoms with Gasteiger partial charge >= 0.3 is 0 Å². The standard InChI is InChI=1S/C21H30FN3O2/c22-18-8-6-16(7-9-18)14-25(19-4-2-1-3-5-19)20(26)15-24-12-10-17(11-13-24)21(23)27/h6-9,17,19H,1-5,10-15H2,(H2,23,27)/p+1. The number of benzene rings is 1. The van der Waals surface area contributed by atoms with Crippen LogP contribution in [0.3, 0.4) is 0 Å². The molecule has 2 amide bonds. The van der Waals surface area contributed by atoms with Crippen LogP contribution in [-0.2, 0) is 16.1 Å². The second kappa shape index (κ2) is 9.31. The first-order chi connectivity index (χ1) is 13.0. The Kier molecular flexibility index (Phi) is 6.83. The number of nitrogens with one attached hydrogen (secondary N) is 1. The summed E-state index contributed by atoms with van der Waals surface area (Å²) in [4.78, 5) is 27.7. The van der Waals surface area contributed by atoms with Crippen LogP contribution < -0.4 is 10.6 Å². The molecule has 2 aliphatic rings. The molecule has 3 rings (SSSR count). The zero-order valence-electron chi connectivity index (χ0n) is 16.0. The lowest BCUT2D eigenvalue weighted by molar-refractivity contribution is -0.898. The molecule has 1 aromatic carbocycles. The fourth-order valence-corrected chi connectivity index (χ4v) is 4.40. The van der Waals surface area contributed by atoms with Crippen molar-refractivity contribution in [3.05, 3.63) is 35.6 Å². The molecule has 2 fully saturated rings. The number of rotatable bonds is 6. The summed E-state index contributed by atoms with van der Waals surface area (Å²) in [5.74, 6) is -0.354. The van der Waals surface area contributed by atoms with Gasteiger partial charge in [-0.3, -0.25) is 9.59 Å². The Labute approximate surface area is 160 Å². The molecular formula is C21H31FN3O2+. The van der Waals surface area contributed by atoms with Crippen LogP contribution >= 0.6 is 0 Å². The lowest BCUT2D eigenvalue weighted by Gasteiger charge is -2.36. The topological polar surface area (TPSA) is 67.8 Å². The first kappa shape index (κ1) is 19.8. The van der Waals surface area contributed by atoms with Crippen LogP contribution in [-0.4, -0.2) is 42.4 Å². The van der Waals surface area contributed by atoms with Crippen LogP contribution in [0.5, 0.6) is 0 Å². The van der Waals surface area contributed by atoms with E-state index in [2.05, 4.69) is 0 Å². The average Bonchev–Trinajstić information content (AvgIpc) is 2.68. The third kappa shape index (κ3) is 5.51. The number of nitrogens with zero attached hydrogens (tertiary/aromatic N) is 1. The minimum atomic E-state index is -0.254. The summed E-state index contributed by atoms with van der Waals surface area (Å²) >= 11 is 0. The normalized spacial score (nSPS) is 23.7. The first-order valence-corrected chi connectivity index (χ1v) is 10.2. The van der Waals surface area contributed by atoms with Gasteiger partial charge in [-0.25, -0.2) is 4.39 Å². The number of halogens is 1. The summed E-state index contributed by atoms with van der Waals surface area (Å²) in [6.07, 6.45) is 7.18. The predicted octanol–water partition coefficient (Wildman–Crippen LogP) is 1.27. The van der Waals surface area contributed by atoms with Crippen LogP contribution in [0.25, 0.3) is 0 Å². The van der Waals surface area contributed by atoms with Crippen LogP contribution in [0.2, 0.25) is 0 Å². The van der Waals surface area contributed by atoms with Crippen molar-refractivity contribution in [2.45, 2.75) is 57.5 Å². The molecule has 148 valence electrons. The fourth-order valence-electron chi connectivity index (χ4n) is 4.40. The van der Waals surface area contributed by atoms with Crippen LogP contribution in [0.15, 0.2) is 24.3 Å². The van der Waals surface area contributed by atoms with Gasteiger partial charge in [0.15, 0.2) is 6.54 Å². The van der Waals surface area contributed by atoms with E-state index >= 15 is 0 Å². The maximum absolute atomic E-state index is 13.2. The lowest BCUT2D eigenvalue weighted by atomic mass is 9.93. The Hall–Kier alpha value is -1.95. The molecule has 1 aromatic rings. The number of primary amides is 1. The zero-order valence-corrected chi connectivity index (χ0v) is 16.0. The van der Waals surface area contributed by atoms with Gasteiger partial charge < -0.3 is 15.5 Å². The fraction of sp³-hybridized carbons (Fsp3) is 0.619. The Morgan fingerprint density at radius 1 is 1.04 bits per heavy atom. The molecule has 1 heterocycles. The number of carbonyl (C=O) groups excluding carboxylic acids is 2. The molecule has 0 unspecified atom stereocenters. The lowest BCUT2D eigenvalue weighted by Crippen LogP contribution is -3.14. The second-order valence-electron chi connectivity index (χ2n) is 8.04. The Morgan fingerprint density at radius 3 is 2.26 bits per heavy atom. The maximum atomic E-state index is 13.2. The SMILES string of the molecule is NC(=O)C1CC[NH+](CC(=O)N(Cc2ccc(F)cc2)C2CCCCC2)CC1. The van der Waals surface area contributed by atoms with Crippen molar-refractivity contribution in [3.63, 3.8) is 0 Å². The third-order valence-corrected chi connectivity index (χ3v) is 6.10. The van der Waals surface area contributed by atoms with Gasteiger partial charge in [-0.05, 0) is 30.5 Å². The first-order valence-electron chi connectivity index (χ1n) is 10.2. The molecule has 1 saturated carbocycles. The summed E-state index contributed by atoms with van der Waals surface area (Å²) in [6, 6.07) is 6.73. The molecular weight excluding hydrogens is 345 g/mol. The highest BCUT2D eigenvalue weighted by molar-refractivity contribution is 5.78. The highest BCUT2D eigenvalue weighted by atomic mass is 19.1. The highest BCUT2D eigenvalue weighted by Crippen LogP contribution is 2.24. The largest absolute Gasteiger partial charge is 0.369 e. The molecule has 1 saturated heterocycles. The van der Waals surface area contributed by atoms with Gasteiger partial charge in [0.2, 0.25) is 5.91 Å². The summed E-state index contributed by atoms with van der Waals surface area (Å²) in [6.45, 7) is 2.63. The number of carbonyl (C=O) groups is 2. The van der Waals surface area contributed by atoms with E-state index in [-0.39, 0.29) is 29.6 Å². The van der Waals surface area contributed by atoms with Gasteiger partial charge in [0.05, 0.1) is 13.1 Å². The van der Waals surface area contributed by atoms with E-state index in [1.165, 1.54) is 23.5 Å². The zero-order chi connectivity index (χ0) is 19.2. The van der Waals surface area contributed by atoms with Crippen LogP contribution in [0, 0.1) is 11.7 Å². The summed E-state index contributed by atoms with van der Waals surface area (Å²) < 4.78 is 13.2. The van der Waals surface area contributed by atoms with Gasteiger partial charge in [-0.1, -0.05) is 31.4 Å². The highest BCUT2D eigenvalue weighted by Gasteiger charge is 2.31. The van der Waals surface area contributed by atoms with Gasteiger partial charge in [0, 0.05) is 31.3 Å². The number of amides is 2. The Morgan fingerprint density at radius 2 is 1.67 bits per heavy atom. The van der Waals surface area contributed by atoms with E-state index in [4.69, 9.17) is 5.73 Å². The molecule has 0 spiro atoms. The molecule has 6 heteroatoms. The van der Waals surface area contributed by atoms with Gasteiger partial charge in [-0.15, -0.1) is 0 Å². The summed E-state index contributed by atoms with van der Waals surface area (Å²) in [5, 5.41) is 0. The molecule has 1 aliphatic carbocycles. The van der Waals surface area contributed by atoms with E-state index < -0.39 is 0 Å². The predicted molar refractivity (Wildman–Crippen MR) is 101 cm³/mol. The number of hydrogen-bond donors (Lipinski definition) is 2. The number of quaternary nitrogens is 1. The Bertz CT molecular complexity index is 635. The van der Waals surface area contributed by atoms with E-state index in [1.54, 1.807) is 12.1 Å². The van der Waals surface area contributed by atoms with Crippen LogP contribution in [0.1, 0.15) is 50.5 Å². The monoisotopic (exact) mass is 376 g/mol. The van der Waals surface area contributed by atoms with Crippen molar-refractivity contribution in [2.24, 2.45) is 11.7 Å². The number of hydrogen-bond acceptors (Lipinski definition) is 2. The van der Waals surface area contributed by atoms with Gasteiger partial charge in [0.25, 0.3) is 5.91 Å². The van der Waals surface area contributed by atoms with Gasteiger partial charge in [-0.2, -0.15) is 0 Å². The third-order valence-electron chi connectivity index (χ3n) is 6.10. The van der Waals surface area contributed by atoms with Crippen molar-refractivity contribution in [2.75, 3.05) is 19.6 Å². The van der Waals surface area contributed by atoms with E-state index in [0.717, 1.165) is 57.2 Å². The molecule has 0 bridgehead atoms. The van der Waals surface area contributed by atoms with E-state index in [9.17, 15) is 14.0 Å². The molecule has 27 heavy (non-hydrogen) atoms. The van der Waals surface area contributed by atoms with Crippen molar-refractivity contribution >= 4 is 11.8 Å². The van der Waals surface area contributed by atoms with Crippen molar-refractivity contribution in [3.8, 4) is 0 Å². The quantitative estimate of drug-likeness (QED) is 0.785. The minimum Gasteiger partial charge on any atom is -0.369 e. The van der Waals surface area contributed by atoms with Crippen LogP contribution in [0.4, 0.5) is 4.39 Å². The average molecular weight is 376 g/mol. The minimum absolute atomic E-state index is 0.0440. The summed E-state index contributed by atoms with van der Waals surface area (Å²) in [5.41, 5.74) is 6.38. The number of piperidine rings is 1. The van der Waals surface area contributed by atoms with E-state index in [1.807, 2.05) is 4.90 Å². The van der Waals surface area contributed by atoms with E-state index in [0.29, 0.717) is 13.1 Å². The molecule has 0 radical (unpaired) electrons. The number of nitrogens with two attached hydrogens (primary N) is 1. The molecule has 0 atom stereocenters. The number of likely N-dealkylation sites (tertiary alicyclic amines) is 1.